The number of aliphatic hydroxyl groups is 2. The van der Waals surface area contributed by atoms with Gasteiger partial charge in [0.2, 0.25) is 5.91 Å². The van der Waals surface area contributed by atoms with Crippen LogP contribution in [0, 0.1) is 0 Å². The molecule has 0 radical (unpaired) electrons. The molecule has 0 aliphatic rings. The van der Waals surface area contributed by atoms with Crippen LogP contribution in [-0.2, 0) is 4.79 Å². The predicted molar refractivity (Wildman–Crippen MR) is 298 cm³/mol. The Bertz CT molecular complexity index is 1420. The van der Waals surface area contributed by atoms with Gasteiger partial charge in [-0.15, -0.1) is 0 Å². The molecule has 0 heterocycles. The second-order valence-electron chi connectivity index (χ2n) is 17.9. The molecule has 0 aliphatic heterocycles. The quantitative estimate of drug-likeness (QED) is 0.0421. The first-order chi connectivity index (χ1) is 33.2. The molecule has 2 atom stereocenters. The number of unbranched alkanes of at least 4 members (excludes halogenated alkanes) is 19. The van der Waals surface area contributed by atoms with Crippen molar-refractivity contribution in [2.24, 2.45) is 0 Å². The fraction of sp³-hybridized carbons (Fsp3) is 0.603. The van der Waals surface area contributed by atoms with Gasteiger partial charge in [0.15, 0.2) is 0 Å². The first-order valence-corrected chi connectivity index (χ1v) is 27.5. The molecule has 0 aromatic rings. The highest BCUT2D eigenvalue weighted by atomic mass is 16.3. The molecule has 4 nitrogen and oxygen atoms in total. The maximum absolute atomic E-state index is 12.5. The summed E-state index contributed by atoms with van der Waals surface area (Å²) in [6.45, 7) is 4.17. The van der Waals surface area contributed by atoms with Crippen LogP contribution in [-0.4, -0.2) is 34.9 Å². The third kappa shape index (κ3) is 53.1. The van der Waals surface area contributed by atoms with E-state index in [1.807, 2.05) is 6.08 Å². The summed E-state index contributed by atoms with van der Waals surface area (Å²) in [5.74, 6) is -0.104. The van der Waals surface area contributed by atoms with Crippen molar-refractivity contribution in [2.75, 3.05) is 6.61 Å². The Morgan fingerprint density at radius 3 is 1.04 bits per heavy atom. The average Bonchev–Trinajstić information content (AvgIpc) is 3.33. The van der Waals surface area contributed by atoms with E-state index in [0.29, 0.717) is 6.42 Å². The lowest BCUT2D eigenvalue weighted by atomic mass is 10.0. The van der Waals surface area contributed by atoms with Crippen LogP contribution < -0.4 is 5.32 Å². The van der Waals surface area contributed by atoms with Crippen molar-refractivity contribution in [1.82, 2.24) is 5.32 Å². The van der Waals surface area contributed by atoms with Crippen LogP contribution in [0.25, 0.3) is 0 Å². The Hall–Kier alpha value is -3.73. The molecule has 0 aromatic heterocycles. The number of amides is 1. The molecule has 4 heteroatoms. The fourth-order valence-corrected chi connectivity index (χ4v) is 7.40. The SMILES string of the molecule is CC/C=C\C/C=C\C/C=C\C/C=C\C/C=C\C/C=C\C/C=C\C/C=C\C/C=C\C/C=C\CCCCCCC(=O)NC(CO)C(O)/C=C/CC/C=C/CCCCCCCCCCCCCCCC. The van der Waals surface area contributed by atoms with Gasteiger partial charge in [0.25, 0.3) is 0 Å². The third-order valence-corrected chi connectivity index (χ3v) is 11.6. The van der Waals surface area contributed by atoms with Gasteiger partial charge in [0.1, 0.15) is 0 Å². The van der Waals surface area contributed by atoms with Crippen LogP contribution in [0.1, 0.15) is 226 Å². The van der Waals surface area contributed by atoms with Crippen LogP contribution in [0.3, 0.4) is 0 Å². The van der Waals surface area contributed by atoms with Crippen molar-refractivity contribution in [1.29, 1.82) is 0 Å². The normalized spacial score (nSPS) is 14.0. The van der Waals surface area contributed by atoms with Gasteiger partial charge in [-0.1, -0.05) is 256 Å². The number of carbonyl (C=O) groups excluding carboxylic acids is 1. The first kappa shape index (κ1) is 63.3. The lowest BCUT2D eigenvalue weighted by molar-refractivity contribution is -0.123. The molecule has 0 rings (SSSR count). The van der Waals surface area contributed by atoms with Crippen molar-refractivity contribution < 1.29 is 15.0 Å². The number of rotatable bonds is 48. The molecule has 3 N–H and O–H groups in total. The zero-order valence-corrected chi connectivity index (χ0v) is 43.4. The zero-order valence-electron chi connectivity index (χ0n) is 43.4. The van der Waals surface area contributed by atoms with Gasteiger partial charge in [0, 0.05) is 6.42 Å². The minimum Gasteiger partial charge on any atom is -0.394 e. The zero-order chi connectivity index (χ0) is 48.5. The van der Waals surface area contributed by atoms with Crippen LogP contribution in [0.15, 0.2) is 146 Å². The molecule has 0 bridgehead atoms. The highest BCUT2D eigenvalue weighted by Crippen LogP contribution is 2.14. The minimum atomic E-state index is -0.885. The number of aliphatic hydroxyl groups excluding tert-OH is 2. The van der Waals surface area contributed by atoms with Gasteiger partial charge in [-0.3, -0.25) is 4.79 Å². The Kier molecular flexibility index (Phi) is 53.4. The van der Waals surface area contributed by atoms with Crippen LogP contribution in [0.4, 0.5) is 0 Å². The van der Waals surface area contributed by atoms with Crippen molar-refractivity contribution >= 4 is 5.91 Å². The Morgan fingerprint density at radius 1 is 0.373 bits per heavy atom. The number of carbonyl (C=O) groups is 1. The molecule has 2 unspecified atom stereocenters. The highest BCUT2D eigenvalue weighted by molar-refractivity contribution is 5.76. The van der Waals surface area contributed by atoms with Gasteiger partial charge in [-0.05, 0) is 109 Å². The lowest BCUT2D eigenvalue weighted by Gasteiger charge is -2.19. The van der Waals surface area contributed by atoms with Gasteiger partial charge >= 0.3 is 0 Å². The summed E-state index contributed by atoms with van der Waals surface area (Å²) < 4.78 is 0. The maximum Gasteiger partial charge on any atom is 0.220 e. The topological polar surface area (TPSA) is 69.6 Å². The molecule has 378 valence electrons. The first-order valence-electron chi connectivity index (χ1n) is 27.5. The molecule has 0 fully saturated rings. The van der Waals surface area contributed by atoms with E-state index in [1.54, 1.807) is 6.08 Å². The average molecular weight is 923 g/mol. The summed E-state index contributed by atoms with van der Waals surface area (Å²) in [6.07, 6.45) is 89.9. The molecular formula is C63H103NO3. The van der Waals surface area contributed by atoms with E-state index >= 15 is 0 Å². The van der Waals surface area contributed by atoms with E-state index in [2.05, 4.69) is 153 Å². The summed E-state index contributed by atoms with van der Waals surface area (Å²) in [7, 11) is 0. The molecule has 0 saturated carbocycles. The monoisotopic (exact) mass is 922 g/mol. The van der Waals surface area contributed by atoms with E-state index in [1.165, 1.54) is 89.9 Å². The second kappa shape index (κ2) is 56.6. The summed E-state index contributed by atoms with van der Waals surface area (Å²) in [5.41, 5.74) is 0. The van der Waals surface area contributed by atoms with Gasteiger partial charge in [-0.25, -0.2) is 0 Å². The van der Waals surface area contributed by atoms with E-state index < -0.39 is 12.1 Å². The van der Waals surface area contributed by atoms with Crippen LogP contribution in [0.2, 0.25) is 0 Å². The number of hydrogen-bond donors (Lipinski definition) is 3. The van der Waals surface area contributed by atoms with Crippen LogP contribution >= 0.6 is 0 Å². The second-order valence-corrected chi connectivity index (χ2v) is 17.9. The van der Waals surface area contributed by atoms with Gasteiger partial charge < -0.3 is 15.5 Å². The van der Waals surface area contributed by atoms with Crippen molar-refractivity contribution in [2.45, 2.75) is 238 Å². The van der Waals surface area contributed by atoms with E-state index in [0.717, 1.165) is 116 Å². The van der Waals surface area contributed by atoms with Crippen LogP contribution in [0.5, 0.6) is 0 Å². The molecule has 0 aromatic carbocycles. The lowest BCUT2D eigenvalue weighted by Crippen LogP contribution is -2.45. The summed E-state index contributed by atoms with van der Waals surface area (Å²) >= 11 is 0. The fourth-order valence-electron chi connectivity index (χ4n) is 7.40. The standard InChI is InChI=1S/C63H103NO3/c1-3-5-7-9-11-13-15-17-19-21-23-25-26-27-28-29-30-31-32-33-34-35-36-37-38-39-41-43-45-47-49-51-53-55-57-59-63(67)64-61(60-65)62(66)58-56-54-52-50-48-46-44-42-40-24-22-20-18-16-14-12-10-8-6-4-2/h5,7,11,13,17,19,23,25,27-28,30-31,33-34,36-37,39,41,45,47-48,50,56,58,61-62,65-66H,3-4,6,8-10,12,14-16,18,20-22,24,26,29,32,35,38,40,42-44,46,49,51-55,57,59-60H2,1-2H3,(H,64,67)/b7-5-,13-11-,19-17-,25-23-,28-27-,31-30-,34-33-,37-36-,41-39-,47-45-,50-48+,58-56+. The number of hydrogen-bond acceptors (Lipinski definition) is 3. The van der Waals surface area contributed by atoms with Crippen molar-refractivity contribution in [3.8, 4) is 0 Å². The smallest absolute Gasteiger partial charge is 0.220 e. The van der Waals surface area contributed by atoms with Crippen molar-refractivity contribution in [3.63, 3.8) is 0 Å². The maximum atomic E-state index is 12.5. The molecule has 67 heavy (non-hydrogen) atoms. The largest absolute Gasteiger partial charge is 0.394 e. The molecule has 1 amide bonds. The van der Waals surface area contributed by atoms with Gasteiger partial charge in [-0.2, -0.15) is 0 Å². The minimum absolute atomic E-state index is 0.104. The Balaban J connectivity index is 3.73. The third-order valence-electron chi connectivity index (χ3n) is 11.6. The van der Waals surface area contributed by atoms with E-state index in [9.17, 15) is 15.0 Å². The molecular weight excluding hydrogens is 819 g/mol. The van der Waals surface area contributed by atoms with E-state index in [4.69, 9.17) is 0 Å². The highest BCUT2D eigenvalue weighted by Gasteiger charge is 2.17. The molecule has 0 spiro atoms. The molecule has 0 saturated heterocycles. The van der Waals surface area contributed by atoms with Crippen molar-refractivity contribution in [3.05, 3.63) is 146 Å². The molecule has 0 aliphatic carbocycles. The Morgan fingerprint density at radius 2 is 0.672 bits per heavy atom. The Labute approximate surface area is 414 Å². The number of allylic oxidation sites excluding steroid dienone is 23. The number of nitrogens with one attached hydrogen (secondary N) is 1. The van der Waals surface area contributed by atoms with Gasteiger partial charge in [0.05, 0.1) is 18.8 Å². The predicted octanol–water partition coefficient (Wildman–Crippen LogP) is 18.4. The van der Waals surface area contributed by atoms with E-state index in [-0.39, 0.29) is 12.5 Å². The summed E-state index contributed by atoms with van der Waals surface area (Å²) in [5, 5.41) is 23.1. The summed E-state index contributed by atoms with van der Waals surface area (Å²) in [6, 6.07) is -0.665. The summed E-state index contributed by atoms with van der Waals surface area (Å²) in [4.78, 5) is 12.5.